The third-order valence-corrected chi connectivity index (χ3v) is 6.87. The summed E-state index contributed by atoms with van der Waals surface area (Å²) in [6.07, 6.45) is 2.54. The fourth-order valence-electron chi connectivity index (χ4n) is 3.79. The minimum atomic E-state index is -0.944. The Morgan fingerprint density at radius 1 is 1.16 bits per heavy atom. The molecule has 31 heavy (non-hydrogen) atoms. The first-order valence-corrected chi connectivity index (χ1v) is 11.5. The highest BCUT2D eigenvalue weighted by Gasteiger charge is 2.27. The molecule has 1 aliphatic rings. The highest BCUT2D eigenvalue weighted by molar-refractivity contribution is 7.20. The Morgan fingerprint density at radius 3 is 2.58 bits per heavy atom. The van der Waals surface area contributed by atoms with Crippen LogP contribution in [0.25, 0.3) is 10.2 Å². The lowest BCUT2D eigenvalue weighted by molar-refractivity contribution is 0.0696. The number of carboxylic acids is 1. The van der Waals surface area contributed by atoms with Crippen LogP contribution in [0.2, 0.25) is 5.02 Å². The highest BCUT2D eigenvalue weighted by Crippen LogP contribution is 2.31. The van der Waals surface area contributed by atoms with E-state index in [1.807, 2.05) is 12.1 Å². The summed E-state index contributed by atoms with van der Waals surface area (Å²) in [5, 5.41) is 10.1. The van der Waals surface area contributed by atoms with E-state index in [9.17, 15) is 9.59 Å². The van der Waals surface area contributed by atoms with Gasteiger partial charge in [0.15, 0.2) is 10.8 Å². The SMILES string of the molecule is O=C(O)c1ccc(OCCCN2CCC(C(=O)c3nc4c(Cl)cccc4s3)CC2)cc1. The first-order chi connectivity index (χ1) is 15.0. The Bertz CT molecular complexity index is 1070. The monoisotopic (exact) mass is 458 g/mol. The molecular formula is C23H23ClN2O4S. The zero-order valence-electron chi connectivity index (χ0n) is 16.9. The van der Waals surface area contributed by atoms with Crippen molar-refractivity contribution >= 4 is 44.9 Å². The van der Waals surface area contributed by atoms with Gasteiger partial charge in [0.25, 0.3) is 0 Å². The highest BCUT2D eigenvalue weighted by atomic mass is 35.5. The molecule has 1 N–H and O–H groups in total. The van der Waals surface area contributed by atoms with E-state index < -0.39 is 5.97 Å². The Morgan fingerprint density at radius 2 is 1.90 bits per heavy atom. The summed E-state index contributed by atoms with van der Waals surface area (Å²) in [5.41, 5.74) is 0.964. The van der Waals surface area contributed by atoms with Gasteiger partial charge >= 0.3 is 5.97 Å². The van der Waals surface area contributed by atoms with Crippen molar-refractivity contribution in [2.24, 2.45) is 5.92 Å². The van der Waals surface area contributed by atoms with Gasteiger partial charge in [0.1, 0.15) is 11.3 Å². The number of carbonyl (C=O) groups is 2. The van der Waals surface area contributed by atoms with Crippen LogP contribution >= 0.6 is 22.9 Å². The molecule has 3 aromatic rings. The molecule has 4 rings (SSSR count). The fourth-order valence-corrected chi connectivity index (χ4v) is 5.07. The smallest absolute Gasteiger partial charge is 0.335 e. The van der Waals surface area contributed by atoms with Gasteiger partial charge in [0, 0.05) is 12.5 Å². The maximum absolute atomic E-state index is 12.9. The van der Waals surface area contributed by atoms with E-state index in [1.54, 1.807) is 30.3 Å². The number of nitrogens with zero attached hydrogens (tertiary/aromatic N) is 2. The molecule has 0 amide bonds. The lowest BCUT2D eigenvalue weighted by Crippen LogP contribution is -2.37. The summed E-state index contributed by atoms with van der Waals surface area (Å²) < 4.78 is 6.65. The van der Waals surface area contributed by atoms with Crippen molar-refractivity contribution in [2.45, 2.75) is 19.3 Å². The van der Waals surface area contributed by atoms with Crippen LogP contribution in [0.4, 0.5) is 0 Å². The van der Waals surface area contributed by atoms with Crippen LogP contribution in [0.1, 0.15) is 39.4 Å². The van der Waals surface area contributed by atoms with Crippen molar-refractivity contribution in [1.82, 2.24) is 9.88 Å². The molecule has 1 fully saturated rings. The molecule has 6 nitrogen and oxygen atoms in total. The first kappa shape index (κ1) is 21.7. The molecule has 0 radical (unpaired) electrons. The Hall–Kier alpha value is -2.48. The zero-order valence-corrected chi connectivity index (χ0v) is 18.5. The summed E-state index contributed by atoms with van der Waals surface area (Å²) in [6.45, 7) is 3.24. The minimum absolute atomic E-state index is 0.0135. The molecule has 2 heterocycles. The van der Waals surface area contributed by atoms with Gasteiger partial charge in [-0.25, -0.2) is 9.78 Å². The van der Waals surface area contributed by atoms with Gasteiger partial charge in [-0.3, -0.25) is 4.79 Å². The Kier molecular flexibility index (Phi) is 6.85. The summed E-state index contributed by atoms with van der Waals surface area (Å²) in [7, 11) is 0. The van der Waals surface area contributed by atoms with Crippen LogP contribution in [-0.2, 0) is 0 Å². The summed E-state index contributed by atoms with van der Waals surface area (Å²) >= 11 is 7.61. The van der Waals surface area contributed by atoms with E-state index in [4.69, 9.17) is 21.4 Å². The summed E-state index contributed by atoms with van der Waals surface area (Å²) in [6, 6.07) is 12.1. The average molecular weight is 459 g/mol. The number of thiazole rings is 1. The number of hydrogen-bond acceptors (Lipinski definition) is 6. The van der Waals surface area contributed by atoms with Crippen molar-refractivity contribution in [3.8, 4) is 5.75 Å². The molecule has 0 spiro atoms. The summed E-state index contributed by atoms with van der Waals surface area (Å²) in [5.74, 6) is -0.129. The number of piperidine rings is 1. The van der Waals surface area contributed by atoms with Crippen molar-refractivity contribution in [1.29, 1.82) is 0 Å². The predicted octanol–water partition coefficient (Wildman–Crippen LogP) is 5.01. The molecule has 0 unspecified atom stereocenters. The van der Waals surface area contributed by atoms with Gasteiger partial charge in [0.05, 0.1) is 21.9 Å². The quantitative estimate of drug-likeness (QED) is 0.377. The second-order valence-electron chi connectivity index (χ2n) is 7.62. The van der Waals surface area contributed by atoms with Crippen molar-refractivity contribution < 1.29 is 19.4 Å². The van der Waals surface area contributed by atoms with Crippen LogP contribution < -0.4 is 4.74 Å². The third kappa shape index (κ3) is 5.23. The van der Waals surface area contributed by atoms with Crippen molar-refractivity contribution in [2.75, 3.05) is 26.2 Å². The number of rotatable bonds is 8. The number of ketones is 1. The van der Waals surface area contributed by atoms with Crippen LogP contribution in [-0.4, -0.2) is 53.0 Å². The normalized spacial score (nSPS) is 15.3. The van der Waals surface area contributed by atoms with Gasteiger partial charge in [0.2, 0.25) is 0 Å². The van der Waals surface area contributed by atoms with E-state index in [-0.39, 0.29) is 17.3 Å². The first-order valence-electron chi connectivity index (χ1n) is 10.3. The largest absolute Gasteiger partial charge is 0.494 e. The number of carboxylic acid groups (broad SMARTS) is 1. The molecule has 2 aromatic carbocycles. The molecule has 0 bridgehead atoms. The third-order valence-electron chi connectivity index (χ3n) is 5.53. The van der Waals surface area contributed by atoms with Gasteiger partial charge in [-0.2, -0.15) is 0 Å². The Labute approximate surface area is 189 Å². The molecule has 8 heteroatoms. The van der Waals surface area contributed by atoms with Crippen LogP contribution in [0.15, 0.2) is 42.5 Å². The van der Waals surface area contributed by atoms with Crippen LogP contribution in [0.5, 0.6) is 5.75 Å². The predicted molar refractivity (Wildman–Crippen MR) is 122 cm³/mol. The number of aromatic nitrogens is 1. The molecule has 1 aromatic heterocycles. The van der Waals surface area contributed by atoms with Crippen LogP contribution in [0.3, 0.4) is 0 Å². The molecule has 0 aliphatic carbocycles. The standard InChI is InChI=1S/C23H23ClN2O4S/c24-18-3-1-4-19-20(18)25-22(31-19)21(27)15-9-12-26(13-10-15)11-2-14-30-17-7-5-16(6-8-17)23(28)29/h1,3-8,15H,2,9-14H2,(H,28,29). The minimum Gasteiger partial charge on any atom is -0.494 e. The second kappa shape index (κ2) is 9.77. The van der Waals surface area contributed by atoms with E-state index >= 15 is 0 Å². The summed E-state index contributed by atoms with van der Waals surface area (Å²) in [4.78, 5) is 30.6. The number of carbonyl (C=O) groups excluding carboxylic acids is 1. The molecule has 162 valence electrons. The number of para-hydroxylation sites is 1. The fraction of sp³-hybridized carbons (Fsp3) is 0.348. The van der Waals surface area contributed by atoms with E-state index in [1.165, 1.54) is 11.3 Å². The molecule has 0 saturated carbocycles. The number of likely N-dealkylation sites (tertiary alicyclic amines) is 1. The number of Topliss-reactive ketones (excluding diaryl/α,β-unsaturated/α-hetero) is 1. The van der Waals surface area contributed by atoms with Gasteiger partial charge in [-0.05, 0) is 68.8 Å². The number of ether oxygens (including phenoxy) is 1. The van der Waals surface area contributed by atoms with Gasteiger partial charge in [-0.1, -0.05) is 17.7 Å². The number of hydrogen-bond donors (Lipinski definition) is 1. The molecule has 0 atom stereocenters. The lowest BCUT2D eigenvalue weighted by atomic mass is 9.92. The zero-order chi connectivity index (χ0) is 21.8. The number of fused-ring (bicyclic) bond motifs is 1. The van der Waals surface area contributed by atoms with Gasteiger partial charge in [-0.15, -0.1) is 11.3 Å². The second-order valence-corrected chi connectivity index (χ2v) is 9.06. The maximum Gasteiger partial charge on any atom is 0.335 e. The number of halogens is 1. The Balaban J connectivity index is 1.21. The number of benzene rings is 2. The molecule has 1 aliphatic heterocycles. The number of aromatic carboxylic acids is 1. The van der Waals surface area contributed by atoms with E-state index in [2.05, 4.69) is 9.88 Å². The molecule has 1 saturated heterocycles. The average Bonchev–Trinajstić information content (AvgIpc) is 3.23. The van der Waals surface area contributed by atoms with Gasteiger partial charge < -0.3 is 14.7 Å². The van der Waals surface area contributed by atoms with E-state index in [0.717, 1.165) is 43.6 Å². The molecular weight excluding hydrogens is 436 g/mol. The van der Waals surface area contributed by atoms with Crippen molar-refractivity contribution in [3.63, 3.8) is 0 Å². The van der Waals surface area contributed by atoms with Crippen LogP contribution in [0, 0.1) is 5.92 Å². The van der Waals surface area contributed by atoms with E-state index in [0.29, 0.717) is 27.9 Å². The lowest BCUT2D eigenvalue weighted by Gasteiger charge is -2.30. The maximum atomic E-state index is 12.9. The van der Waals surface area contributed by atoms with Crippen molar-refractivity contribution in [3.05, 3.63) is 58.1 Å². The topological polar surface area (TPSA) is 79.7 Å².